The van der Waals surface area contributed by atoms with Gasteiger partial charge in [0.25, 0.3) is 0 Å². The van der Waals surface area contributed by atoms with Gasteiger partial charge in [-0.2, -0.15) is 0 Å². The van der Waals surface area contributed by atoms with Crippen LogP contribution in [0.2, 0.25) is 0 Å². The van der Waals surface area contributed by atoms with Gasteiger partial charge < -0.3 is 15.2 Å². The quantitative estimate of drug-likeness (QED) is 0.841. The summed E-state index contributed by atoms with van der Waals surface area (Å²) >= 11 is 0. The average molecular weight is 235 g/mol. The van der Waals surface area contributed by atoms with Crippen molar-refractivity contribution >= 4 is 11.7 Å². The number of carboxylic acids is 1. The summed E-state index contributed by atoms with van der Waals surface area (Å²) in [5.74, 6) is -0.911. The van der Waals surface area contributed by atoms with Crippen LogP contribution in [-0.4, -0.2) is 29.8 Å². The number of benzene rings is 1. The zero-order valence-corrected chi connectivity index (χ0v) is 9.90. The Morgan fingerprint density at radius 3 is 2.94 bits per heavy atom. The maximum absolute atomic E-state index is 11.0. The maximum Gasteiger partial charge on any atom is 0.337 e. The summed E-state index contributed by atoms with van der Waals surface area (Å²) < 4.78 is 5.65. The second-order valence-corrected chi connectivity index (χ2v) is 4.61. The summed E-state index contributed by atoms with van der Waals surface area (Å²) in [5, 5.41) is 12.2. The van der Waals surface area contributed by atoms with Crippen molar-refractivity contribution in [1.29, 1.82) is 0 Å². The molecule has 0 saturated carbocycles. The second-order valence-electron chi connectivity index (χ2n) is 4.61. The van der Waals surface area contributed by atoms with Crippen LogP contribution in [0.4, 0.5) is 5.69 Å². The van der Waals surface area contributed by atoms with Crippen LogP contribution in [-0.2, 0) is 4.74 Å². The molecule has 2 N–H and O–H groups in total. The molecule has 92 valence electrons. The lowest BCUT2D eigenvalue weighted by Gasteiger charge is -2.24. The Kier molecular flexibility index (Phi) is 3.33. The number of nitrogens with one attached hydrogen (secondary N) is 1. The number of hydrogen-bond donors (Lipinski definition) is 2. The van der Waals surface area contributed by atoms with Gasteiger partial charge in [-0.05, 0) is 31.9 Å². The second kappa shape index (κ2) is 4.75. The van der Waals surface area contributed by atoms with E-state index in [1.54, 1.807) is 18.2 Å². The third-order valence-corrected chi connectivity index (χ3v) is 3.11. The van der Waals surface area contributed by atoms with Gasteiger partial charge in [0.15, 0.2) is 0 Å². The molecule has 0 aliphatic carbocycles. The molecule has 1 fully saturated rings. The smallest absolute Gasteiger partial charge is 0.337 e. The molecule has 0 spiro atoms. The van der Waals surface area contributed by atoms with Crippen LogP contribution in [0, 0.1) is 0 Å². The van der Waals surface area contributed by atoms with Crippen molar-refractivity contribution in [3.05, 3.63) is 29.8 Å². The summed E-state index contributed by atoms with van der Waals surface area (Å²) in [6.45, 7) is 3.48. The topological polar surface area (TPSA) is 58.6 Å². The highest BCUT2D eigenvalue weighted by Crippen LogP contribution is 2.26. The van der Waals surface area contributed by atoms with Gasteiger partial charge in [-0.1, -0.05) is 12.1 Å². The Hall–Kier alpha value is -1.55. The summed E-state index contributed by atoms with van der Waals surface area (Å²) in [7, 11) is 0. The van der Waals surface area contributed by atoms with Crippen molar-refractivity contribution < 1.29 is 14.6 Å². The van der Waals surface area contributed by atoms with E-state index in [1.807, 2.05) is 6.07 Å². The van der Waals surface area contributed by atoms with Gasteiger partial charge in [-0.15, -0.1) is 0 Å². The zero-order chi connectivity index (χ0) is 12.3. The van der Waals surface area contributed by atoms with Crippen molar-refractivity contribution in [2.24, 2.45) is 0 Å². The SMILES string of the molecule is CC1(CNc2ccccc2C(=O)O)CCCO1. The summed E-state index contributed by atoms with van der Waals surface area (Å²) in [4.78, 5) is 11.0. The number of anilines is 1. The molecule has 1 atom stereocenters. The summed E-state index contributed by atoms with van der Waals surface area (Å²) in [5.41, 5.74) is 0.775. The van der Waals surface area contributed by atoms with Crippen LogP contribution in [0.5, 0.6) is 0 Å². The van der Waals surface area contributed by atoms with E-state index in [9.17, 15) is 4.79 Å². The first-order valence-corrected chi connectivity index (χ1v) is 5.81. The minimum atomic E-state index is -0.911. The standard InChI is InChI=1S/C13H17NO3/c1-13(7-4-8-17-13)9-14-11-6-3-2-5-10(11)12(15)16/h2-3,5-6,14H,4,7-9H2,1H3,(H,15,16). The molecule has 4 nitrogen and oxygen atoms in total. The van der Waals surface area contributed by atoms with Crippen LogP contribution >= 0.6 is 0 Å². The largest absolute Gasteiger partial charge is 0.478 e. The van der Waals surface area contributed by atoms with Gasteiger partial charge in [0.1, 0.15) is 0 Å². The molecule has 1 aromatic rings. The van der Waals surface area contributed by atoms with Crippen LogP contribution < -0.4 is 5.32 Å². The Morgan fingerprint density at radius 1 is 1.53 bits per heavy atom. The van der Waals surface area contributed by atoms with Crippen LogP contribution in [0.15, 0.2) is 24.3 Å². The fourth-order valence-electron chi connectivity index (χ4n) is 2.08. The van der Waals surface area contributed by atoms with E-state index in [0.717, 1.165) is 19.4 Å². The summed E-state index contributed by atoms with van der Waals surface area (Å²) in [6, 6.07) is 6.93. The first-order chi connectivity index (χ1) is 8.11. The molecule has 2 rings (SSSR count). The number of carboxylic acid groups (broad SMARTS) is 1. The maximum atomic E-state index is 11.0. The molecule has 1 heterocycles. The highest BCUT2D eigenvalue weighted by atomic mass is 16.5. The number of aromatic carboxylic acids is 1. The van der Waals surface area contributed by atoms with E-state index in [0.29, 0.717) is 17.8 Å². The number of rotatable bonds is 4. The average Bonchev–Trinajstić information content (AvgIpc) is 2.74. The molecular weight excluding hydrogens is 218 g/mol. The molecule has 0 radical (unpaired) electrons. The lowest BCUT2D eigenvalue weighted by atomic mass is 10.0. The van der Waals surface area contributed by atoms with Gasteiger partial charge in [0.2, 0.25) is 0 Å². The lowest BCUT2D eigenvalue weighted by Crippen LogP contribution is -2.32. The van der Waals surface area contributed by atoms with E-state index in [-0.39, 0.29) is 5.60 Å². The van der Waals surface area contributed by atoms with Crippen LogP contribution in [0.25, 0.3) is 0 Å². The van der Waals surface area contributed by atoms with E-state index < -0.39 is 5.97 Å². The Labute approximate surface area is 101 Å². The Balaban J connectivity index is 2.06. The number of para-hydroxylation sites is 1. The van der Waals surface area contributed by atoms with Crippen LogP contribution in [0.1, 0.15) is 30.1 Å². The number of carbonyl (C=O) groups is 1. The van der Waals surface area contributed by atoms with E-state index in [1.165, 1.54) is 0 Å². The Morgan fingerprint density at radius 2 is 2.29 bits per heavy atom. The normalized spacial score (nSPS) is 23.6. The van der Waals surface area contributed by atoms with Gasteiger partial charge >= 0.3 is 5.97 Å². The first kappa shape index (κ1) is 11.9. The lowest BCUT2D eigenvalue weighted by molar-refractivity contribution is 0.0314. The van der Waals surface area contributed by atoms with Crippen molar-refractivity contribution in [2.45, 2.75) is 25.4 Å². The molecule has 17 heavy (non-hydrogen) atoms. The molecule has 1 aliphatic heterocycles. The van der Waals surface area contributed by atoms with Gasteiger partial charge in [0.05, 0.1) is 11.2 Å². The molecule has 1 unspecified atom stereocenters. The highest BCUT2D eigenvalue weighted by molar-refractivity contribution is 5.94. The zero-order valence-electron chi connectivity index (χ0n) is 9.90. The highest BCUT2D eigenvalue weighted by Gasteiger charge is 2.29. The third kappa shape index (κ3) is 2.77. The van der Waals surface area contributed by atoms with Crippen molar-refractivity contribution in [3.8, 4) is 0 Å². The van der Waals surface area contributed by atoms with Crippen molar-refractivity contribution in [2.75, 3.05) is 18.5 Å². The molecule has 0 bridgehead atoms. The molecule has 1 saturated heterocycles. The number of hydrogen-bond acceptors (Lipinski definition) is 3. The van der Waals surface area contributed by atoms with Gasteiger partial charge in [0, 0.05) is 18.8 Å². The minimum absolute atomic E-state index is 0.175. The summed E-state index contributed by atoms with van der Waals surface area (Å²) in [6.07, 6.45) is 2.08. The predicted molar refractivity (Wildman–Crippen MR) is 65.5 cm³/mol. The molecule has 1 aliphatic rings. The van der Waals surface area contributed by atoms with Crippen LogP contribution in [0.3, 0.4) is 0 Å². The van der Waals surface area contributed by atoms with Gasteiger partial charge in [-0.3, -0.25) is 0 Å². The first-order valence-electron chi connectivity index (χ1n) is 5.81. The molecule has 4 heteroatoms. The van der Waals surface area contributed by atoms with E-state index >= 15 is 0 Å². The Bertz CT molecular complexity index is 411. The minimum Gasteiger partial charge on any atom is -0.478 e. The monoisotopic (exact) mass is 235 g/mol. The molecule has 0 amide bonds. The molecular formula is C13H17NO3. The third-order valence-electron chi connectivity index (χ3n) is 3.11. The predicted octanol–water partition coefficient (Wildman–Crippen LogP) is 2.37. The van der Waals surface area contributed by atoms with E-state index in [4.69, 9.17) is 9.84 Å². The molecule has 1 aromatic carbocycles. The van der Waals surface area contributed by atoms with E-state index in [2.05, 4.69) is 12.2 Å². The fourth-order valence-corrected chi connectivity index (χ4v) is 2.08. The van der Waals surface area contributed by atoms with Crippen molar-refractivity contribution in [1.82, 2.24) is 0 Å². The fraction of sp³-hybridized carbons (Fsp3) is 0.462. The molecule has 0 aromatic heterocycles. The number of ether oxygens (including phenoxy) is 1. The van der Waals surface area contributed by atoms with Crippen molar-refractivity contribution in [3.63, 3.8) is 0 Å². The van der Waals surface area contributed by atoms with Gasteiger partial charge in [-0.25, -0.2) is 4.79 Å².